The molecule has 70 heavy (non-hydrogen) atoms. The van der Waals surface area contributed by atoms with Gasteiger partial charge in [-0.1, -0.05) is 12.1 Å². The van der Waals surface area contributed by atoms with E-state index in [1.54, 1.807) is 99.0 Å². The van der Waals surface area contributed by atoms with Crippen molar-refractivity contribution in [2.75, 3.05) is 58.0 Å². The van der Waals surface area contributed by atoms with Crippen molar-refractivity contribution in [2.24, 2.45) is 0 Å². The number of carbonyl (C=O) groups is 2. The van der Waals surface area contributed by atoms with Gasteiger partial charge in [-0.3, -0.25) is 28.7 Å². The van der Waals surface area contributed by atoms with Crippen LogP contribution in [0.5, 0.6) is 0 Å². The van der Waals surface area contributed by atoms with Crippen molar-refractivity contribution in [1.82, 2.24) is 9.80 Å². The fourth-order valence-corrected chi connectivity index (χ4v) is 11.1. The Morgan fingerprint density at radius 2 is 0.857 bits per heavy atom. The largest absolute Gasteiger partial charge is 0.460 e. The second-order valence-electron chi connectivity index (χ2n) is 17.7. The van der Waals surface area contributed by atoms with E-state index >= 15 is 0 Å². The molecule has 4 unspecified atom stereocenters. The Labute approximate surface area is 405 Å². The molecule has 4 aromatic carbocycles. The minimum atomic E-state index is -3.61. The first kappa shape index (κ1) is 50.0. The van der Waals surface area contributed by atoms with Gasteiger partial charge in [0.15, 0.2) is 0 Å². The molecule has 20 nitrogen and oxygen atoms in total. The van der Waals surface area contributed by atoms with Crippen LogP contribution in [0.15, 0.2) is 106 Å². The molecule has 8 rings (SSSR count). The summed E-state index contributed by atoms with van der Waals surface area (Å²) in [5, 5.41) is 1.31. The summed E-state index contributed by atoms with van der Waals surface area (Å²) in [6.07, 6.45) is 5.02. The summed E-state index contributed by atoms with van der Waals surface area (Å²) in [5.74, 6) is -0.655. The number of nitrogens with zero attached hydrogens (tertiary/aromatic N) is 2. The van der Waals surface area contributed by atoms with E-state index in [1.165, 1.54) is 0 Å². The summed E-state index contributed by atoms with van der Waals surface area (Å²) in [6.45, 7) is 0.467. The van der Waals surface area contributed by atoms with Gasteiger partial charge in [0.25, 0.3) is 0 Å². The monoisotopic (exact) mass is 1040 g/mol. The molecule has 6 aromatic rings. The van der Waals surface area contributed by atoms with E-state index in [4.69, 9.17) is 18.3 Å². The summed E-state index contributed by atoms with van der Waals surface area (Å²) in [7, 11) is -10.6. The van der Waals surface area contributed by atoms with Crippen molar-refractivity contribution >= 4 is 96.7 Å². The third kappa shape index (κ3) is 12.5. The van der Waals surface area contributed by atoms with Gasteiger partial charge in [0.2, 0.25) is 40.1 Å². The summed E-state index contributed by atoms with van der Waals surface area (Å²) in [5.41, 5.74) is 5.10. The van der Waals surface area contributed by atoms with Crippen LogP contribution in [-0.4, -0.2) is 107 Å². The number of anilines is 4. The number of hydrogen-bond donors (Lipinski definition) is 4. The van der Waals surface area contributed by atoms with E-state index < -0.39 is 76.3 Å². The molecular weight excluding hydrogens is 989 g/mol. The number of rotatable bonds is 18. The van der Waals surface area contributed by atoms with Crippen molar-refractivity contribution in [3.05, 3.63) is 131 Å². The number of ether oxygens (including phenoxy) is 2. The van der Waals surface area contributed by atoms with Crippen molar-refractivity contribution in [3.63, 3.8) is 0 Å². The number of hydrogen-bond acceptors (Lipinski definition) is 16. The first-order valence-electron chi connectivity index (χ1n) is 21.4. The van der Waals surface area contributed by atoms with Crippen LogP contribution >= 0.6 is 0 Å². The molecule has 372 valence electrons. The molecular formula is C46H50N6O14S4. The van der Waals surface area contributed by atoms with Gasteiger partial charge in [0, 0.05) is 45.7 Å². The van der Waals surface area contributed by atoms with Crippen molar-refractivity contribution in [2.45, 2.75) is 50.2 Å². The van der Waals surface area contributed by atoms with Crippen LogP contribution in [0.3, 0.4) is 0 Å². The Bertz CT molecular complexity index is 3310. The van der Waals surface area contributed by atoms with E-state index in [0.29, 0.717) is 91.3 Å². The van der Waals surface area contributed by atoms with Crippen LogP contribution in [0.1, 0.15) is 46.0 Å². The fraction of sp³-hybridized carbons (Fsp3) is 0.304. The van der Waals surface area contributed by atoms with Crippen LogP contribution in [0.2, 0.25) is 0 Å². The van der Waals surface area contributed by atoms with E-state index in [9.17, 15) is 43.3 Å². The van der Waals surface area contributed by atoms with Crippen molar-refractivity contribution < 1.29 is 61.6 Å². The Hall–Kier alpha value is -6.44. The molecule has 0 saturated heterocycles. The van der Waals surface area contributed by atoms with Gasteiger partial charge in [-0.2, -0.15) is 0 Å². The molecule has 0 spiro atoms. The number of carbonyl (C=O) groups excluding carboxylic acids is 2. The molecule has 24 heteroatoms. The molecule has 0 saturated carbocycles. The summed E-state index contributed by atoms with van der Waals surface area (Å²) >= 11 is 0. The molecule has 2 aromatic heterocycles. The summed E-state index contributed by atoms with van der Waals surface area (Å²) in [6, 6.07) is 22.2. The molecule has 0 fully saturated rings. The molecule has 0 radical (unpaired) electrons. The molecule has 0 bridgehead atoms. The normalized spacial score (nSPS) is 18.3. The predicted octanol–water partition coefficient (Wildman–Crippen LogP) is 5.20. The fourth-order valence-electron chi connectivity index (χ4n) is 8.91. The lowest BCUT2D eigenvalue weighted by molar-refractivity contribution is -0.149. The van der Waals surface area contributed by atoms with E-state index in [0.717, 1.165) is 37.2 Å². The lowest BCUT2D eigenvalue weighted by Crippen LogP contribution is -2.36. The van der Waals surface area contributed by atoms with Crippen LogP contribution in [-0.2, 0) is 85.1 Å². The quantitative estimate of drug-likeness (QED) is 0.0636. The summed E-state index contributed by atoms with van der Waals surface area (Å²) in [4.78, 5) is 31.2. The number of nitrogens with one attached hydrogen (secondary N) is 4. The van der Waals surface area contributed by atoms with Gasteiger partial charge in [-0.05, 0) is 122 Å². The van der Waals surface area contributed by atoms with Crippen LogP contribution in [0, 0.1) is 0 Å². The lowest BCUT2D eigenvalue weighted by Gasteiger charge is -2.29. The number of fused-ring (bicyclic) bond motifs is 4. The first-order chi connectivity index (χ1) is 32.7. The van der Waals surface area contributed by atoms with Gasteiger partial charge >= 0.3 is 11.9 Å². The third-order valence-corrected chi connectivity index (χ3v) is 14.0. The van der Waals surface area contributed by atoms with Gasteiger partial charge in [0.1, 0.15) is 34.9 Å². The van der Waals surface area contributed by atoms with Gasteiger partial charge in [0.05, 0.1) is 50.2 Å². The standard InChI is InChI=1S/C46H50N6O14S4/c1-51(25-35-21-29-19-33(49-69(5,59)60)9-13-41(29)63-35)39-23-27-17-31(47-67(3,55)56)7-11-37(27)45(39)65-43(53)15-16-44(54)66-46-38-12-8-32(48-68(4,57)58)18-28(38)24-40(46)52(2)26-36-22-30-20-34(50-70(6,61)62)10-14-42(30)64-36/h7-22,39-40,45-50H,23-26H2,1-6H3/b16-15-. The second kappa shape index (κ2) is 19.0. The van der Waals surface area contributed by atoms with E-state index in [-0.39, 0.29) is 13.1 Å². The average molecular weight is 1040 g/mol. The van der Waals surface area contributed by atoms with Crippen LogP contribution < -0.4 is 18.9 Å². The molecule has 2 heterocycles. The van der Waals surface area contributed by atoms with Crippen molar-refractivity contribution in [1.29, 1.82) is 0 Å². The Balaban J connectivity index is 1.00. The summed E-state index contributed by atoms with van der Waals surface area (Å²) < 4.78 is 130. The Morgan fingerprint density at radius 3 is 1.20 bits per heavy atom. The van der Waals surface area contributed by atoms with Gasteiger partial charge < -0.3 is 18.3 Å². The lowest BCUT2D eigenvalue weighted by atomic mass is 10.1. The van der Waals surface area contributed by atoms with E-state index in [2.05, 4.69) is 18.9 Å². The maximum absolute atomic E-state index is 13.7. The SMILES string of the molecule is CN(Cc1cc2cc(NS(C)(=O)=O)ccc2o1)C1Cc2cc(NS(C)(=O)=O)ccc2C1OC(=O)/C=C\C(=O)OC1c2ccc(NS(C)(=O)=O)cc2CC1N(C)Cc1cc2cc(NS(C)(=O)=O)ccc2o1. The Morgan fingerprint density at radius 1 is 0.529 bits per heavy atom. The highest BCUT2D eigenvalue weighted by atomic mass is 32.2. The zero-order valence-corrected chi connectivity index (χ0v) is 41.9. The highest BCUT2D eigenvalue weighted by Crippen LogP contribution is 2.41. The maximum Gasteiger partial charge on any atom is 0.331 e. The number of benzene rings is 4. The smallest absolute Gasteiger partial charge is 0.331 e. The van der Waals surface area contributed by atoms with E-state index in [1.807, 2.05) is 9.80 Å². The molecule has 2 aliphatic carbocycles. The average Bonchev–Trinajstić information content (AvgIpc) is 4.00. The first-order valence-corrected chi connectivity index (χ1v) is 29.0. The topological polar surface area (TPSA) is 270 Å². The molecule has 0 aliphatic heterocycles. The minimum absolute atomic E-state index is 0.233. The number of esters is 2. The third-order valence-electron chi connectivity index (χ3n) is 11.6. The molecule has 4 atom stereocenters. The minimum Gasteiger partial charge on any atom is -0.460 e. The van der Waals surface area contributed by atoms with Gasteiger partial charge in [-0.15, -0.1) is 0 Å². The second-order valence-corrected chi connectivity index (χ2v) is 24.7. The number of sulfonamides is 4. The predicted molar refractivity (Wildman–Crippen MR) is 264 cm³/mol. The molecule has 0 amide bonds. The molecule has 2 aliphatic rings. The molecule has 4 N–H and O–H groups in total. The maximum atomic E-state index is 13.7. The van der Waals surface area contributed by atoms with Crippen molar-refractivity contribution in [3.8, 4) is 0 Å². The van der Waals surface area contributed by atoms with Gasteiger partial charge in [-0.25, -0.2) is 43.3 Å². The zero-order chi connectivity index (χ0) is 50.5. The Kier molecular flexibility index (Phi) is 13.6. The number of likely N-dealkylation sites (N-methyl/N-ethyl adjacent to an activating group) is 2. The zero-order valence-electron chi connectivity index (χ0n) is 38.6. The van der Waals surface area contributed by atoms with Crippen LogP contribution in [0.4, 0.5) is 22.7 Å². The highest BCUT2D eigenvalue weighted by molar-refractivity contribution is 7.92. The van der Waals surface area contributed by atoms with Crippen LogP contribution in [0.25, 0.3) is 21.9 Å². The number of furan rings is 2. The highest BCUT2D eigenvalue weighted by Gasteiger charge is 2.40.